The number of hydrogen-bond donors (Lipinski definition) is 0. The number of hydrogen-bond acceptors (Lipinski definition) is 3. The standard InChI is InChI=1S/C22H30N2O3/c1-15-5-3-6-16-7-4-12-23(21(15)16)22(26)17-13-20(25)24(14-17)18-8-10-19(27-2)11-9-18/h8-11,15-17,21H,3-7,12-14H2,1-2H3. The normalized spacial score (nSPS) is 31.0. The molecule has 2 amide bonds. The van der Waals surface area contributed by atoms with E-state index in [1.165, 1.54) is 25.7 Å². The van der Waals surface area contributed by atoms with E-state index < -0.39 is 0 Å². The molecule has 2 aliphatic heterocycles. The lowest BCUT2D eigenvalue weighted by molar-refractivity contribution is -0.143. The van der Waals surface area contributed by atoms with E-state index in [9.17, 15) is 9.59 Å². The lowest BCUT2D eigenvalue weighted by Gasteiger charge is -2.48. The van der Waals surface area contributed by atoms with Crippen molar-refractivity contribution in [2.75, 3.05) is 25.1 Å². The molecule has 1 aromatic rings. The van der Waals surface area contributed by atoms with E-state index >= 15 is 0 Å². The van der Waals surface area contributed by atoms with Crippen LogP contribution in [0.1, 0.15) is 45.4 Å². The van der Waals surface area contributed by atoms with Crippen LogP contribution in [0.5, 0.6) is 5.75 Å². The second-order valence-corrected chi connectivity index (χ2v) is 8.44. The lowest BCUT2D eigenvalue weighted by atomic mass is 9.72. The van der Waals surface area contributed by atoms with Crippen molar-refractivity contribution in [2.24, 2.45) is 17.8 Å². The topological polar surface area (TPSA) is 49.9 Å². The predicted octanol–water partition coefficient (Wildman–Crippen LogP) is 3.48. The fraction of sp³-hybridized carbons (Fsp3) is 0.636. The molecule has 5 nitrogen and oxygen atoms in total. The fourth-order valence-corrected chi connectivity index (χ4v) is 5.43. The minimum absolute atomic E-state index is 0.0452. The van der Waals surface area contributed by atoms with Crippen LogP contribution in [0.3, 0.4) is 0 Å². The molecule has 1 aromatic carbocycles. The monoisotopic (exact) mass is 370 g/mol. The first-order valence-electron chi connectivity index (χ1n) is 10.3. The highest BCUT2D eigenvalue weighted by atomic mass is 16.5. The Bertz CT molecular complexity index is 700. The number of ether oxygens (including phenoxy) is 1. The van der Waals surface area contributed by atoms with Crippen molar-refractivity contribution in [1.82, 2.24) is 4.90 Å². The molecule has 146 valence electrons. The Kier molecular flexibility index (Phi) is 5.11. The highest BCUT2D eigenvalue weighted by Gasteiger charge is 2.44. The van der Waals surface area contributed by atoms with Crippen LogP contribution >= 0.6 is 0 Å². The third-order valence-corrected chi connectivity index (χ3v) is 6.78. The predicted molar refractivity (Wildman–Crippen MR) is 105 cm³/mol. The van der Waals surface area contributed by atoms with E-state index in [4.69, 9.17) is 4.74 Å². The van der Waals surface area contributed by atoms with E-state index in [2.05, 4.69) is 11.8 Å². The number of anilines is 1. The highest BCUT2D eigenvalue weighted by Crippen LogP contribution is 2.40. The van der Waals surface area contributed by atoms with Crippen LogP contribution in [0.2, 0.25) is 0 Å². The molecule has 4 unspecified atom stereocenters. The Hall–Kier alpha value is -2.04. The minimum Gasteiger partial charge on any atom is -0.497 e. The van der Waals surface area contributed by atoms with Gasteiger partial charge >= 0.3 is 0 Å². The van der Waals surface area contributed by atoms with Crippen LogP contribution in [-0.4, -0.2) is 43.0 Å². The van der Waals surface area contributed by atoms with Crippen LogP contribution in [0.15, 0.2) is 24.3 Å². The van der Waals surface area contributed by atoms with Gasteiger partial charge in [0.25, 0.3) is 0 Å². The molecule has 4 rings (SSSR count). The summed E-state index contributed by atoms with van der Waals surface area (Å²) in [5.41, 5.74) is 0.846. The summed E-state index contributed by atoms with van der Waals surface area (Å²) in [6.07, 6.45) is 6.43. The van der Waals surface area contributed by atoms with Gasteiger partial charge in [0, 0.05) is 31.2 Å². The van der Waals surface area contributed by atoms with E-state index in [0.29, 0.717) is 30.8 Å². The Morgan fingerprint density at radius 2 is 1.85 bits per heavy atom. The lowest BCUT2D eigenvalue weighted by Crippen LogP contribution is -2.54. The van der Waals surface area contributed by atoms with Crippen molar-refractivity contribution < 1.29 is 14.3 Å². The second-order valence-electron chi connectivity index (χ2n) is 8.44. The molecule has 1 saturated carbocycles. The van der Waals surface area contributed by atoms with Gasteiger partial charge in [-0.3, -0.25) is 9.59 Å². The molecule has 0 N–H and O–H groups in total. The van der Waals surface area contributed by atoms with Crippen LogP contribution in [0, 0.1) is 17.8 Å². The molecule has 0 spiro atoms. The van der Waals surface area contributed by atoms with E-state index in [1.54, 1.807) is 12.0 Å². The van der Waals surface area contributed by atoms with Crippen LogP contribution < -0.4 is 9.64 Å². The quantitative estimate of drug-likeness (QED) is 0.819. The van der Waals surface area contributed by atoms with Gasteiger partial charge in [0.05, 0.1) is 13.0 Å². The third-order valence-electron chi connectivity index (χ3n) is 6.78. The van der Waals surface area contributed by atoms with Gasteiger partial charge < -0.3 is 14.5 Å². The maximum atomic E-state index is 13.4. The van der Waals surface area contributed by atoms with Gasteiger partial charge in [0.1, 0.15) is 5.75 Å². The third kappa shape index (κ3) is 3.44. The number of likely N-dealkylation sites (tertiary alicyclic amines) is 1. The summed E-state index contributed by atoms with van der Waals surface area (Å²) in [5.74, 6) is 2.02. The number of benzene rings is 1. The number of carbonyl (C=O) groups is 2. The summed E-state index contributed by atoms with van der Waals surface area (Å²) in [6.45, 7) is 3.65. The summed E-state index contributed by atoms with van der Waals surface area (Å²) >= 11 is 0. The van der Waals surface area contributed by atoms with Crippen LogP contribution in [-0.2, 0) is 9.59 Å². The molecule has 3 aliphatic rings. The fourth-order valence-electron chi connectivity index (χ4n) is 5.43. The number of piperidine rings is 1. The molecule has 5 heteroatoms. The first-order chi connectivity index (χ1) is 13.1. The van der Waals surface area contributed by atoms with Crippen molar-refractivity contribution in [2.45, 2.75) is 51.5 Å². The Morgan fingerprint density at radius 1 is 1.11 bits per heavy atom. The Balaban J connectivity index is 1.48. The first-order valence-corrected chi connectivity index (χ1v) is 10.3. The summed E-state index contributed by atoms with van der Waals surface area (Å²) in [7, 11) is 1.63. The number of amides is 2. The number of carbonyl (C=O) groups excluding carboxylic acids is 2. The minimum atomic E-state index is -0.215. The smallest absolute Gasteiger partial charge is 0.228 e. The maximum Gasteiger partial charge on any atom is 0.228 e. The number of fused-ring (bicyclic) bond motifs is 1. The van der Waals surface area contributed by atoms with Gasteiger partial charge in [0.15, 0.2) is 0 Å². The molecular weight excluding hydrogens is 340 g/mol. The Labute approximate surface area is 161 Å². The molecule has 4 atom stereocenters. The molecule has 0 aromatic heterocycles. The molecular formula is C22H30N2O3. The summed E-state index contributed by atoms with van der Waals surface area (Å²) < 4.78 is 5.19. The average Bonchev–Trinajstić information content (AvgIpc) is 3.09. The number of methoxy groups -OCH3 is 1. The van der Waals surface area contributed by atoms with Crippen molar-refractivity contribution in [3.05, 3.63) is 24.3 Å². The zero-order valence-electron chi connectivity index (χ0n) is 16.4. The molecule has 0 bridgehead atoms. The van der Waals surface area contributed by atoms with Gasteiger partial charge in [-0.15, -0.1) is 0 Å². The van der Waals surface area contributed by atoms with Crippen molar-refractivity contribution >= 4 is 17.5 Å². The molecule has 2 heterocycles. The number of rotatable bonds is 3. The Morgan fingerprint density at radius 3 is 2.59 bits per heavy atom. The van der Waals surface area contributed by atoms with E-state index in [1.807, 2.05) is 24.3 Å². The highest BCUT2D eigenvalue weighted by molar-refractivity contribution is 6.00. The molecule has 3 fully saturated rings. The van der Waals surface area contributed by atoms with Gasteiger partial charge in [-0.25, -0.2) is 0 Å². The maximum absolute atomic E-state index is 13.4. The molecule has 1 aliphatic carbocycles. The average molecular weight is 370 g/mol. The molecule has 2 saturated heterocycles. The van der Waals surface area contributed by atoms with Crippen LogP contribution in [0.25, 0.3) is 0 Å². The van der Waals surface area contributed by atoms with Gasteiger partial charge in [-0.2, -0.15) is 0 Å². The summed E-state index contributed by atoms with van der Waals surface area (Å²) in [6, 6.07) is 7.88. The van der Waals surface area contributed by atoms with Gasteiger partial charge in [-0.05, 0) is 61.8 Å². The summed E-state index contributed by atoms with van der Waals surface area (Å²) in [4.78, 5) is 29.9. The van der Waals surface area contributed by atoms with Crippen molar-refractivity contribution in [1.29, 1.82) is 0 Å². The molecule has 0 radical (unpaired) electrons. The van der Waals surface area contributed by atoms with Crippen LogP contribution in [0.4, 0.5) is 5.69 Å². The second kappa shape index (κ2) is 7.53. The first kappa shape index (κ1) is 18.3. The van der Waals surface area contributed by atoms with E-state index in [0.717, 1.165) is 24.4 Å². The SMILES string of the molecule is COc1ccc(N2CC(C(=O)N3CCCC4CCCC(C)C43)CC2=O)cc1. The zero-order chi connectivity index (χ0) is 19.0. The zero-order valence-corrected chi connectivity index (χ0v) is 16.4. The van der Waals surface area contributed by atoms with Crippen molar-refractivity contribution in [3.8, 4) is 5.75 Å². The van der Waals surface area contributed by atoms with Crippen molar-refractivity contribution in [3.63, 3.8) is 0 Å². The van der Waals surface area contributed by atoms with E-state index in [-0.39, 0.29) is 17.7 Å². The molecule has 27 heavy (non-hydrogen) atoms. The van der Waals surface area contributed by atoms with Gasteiger partial charge in [0.2, 0.25) is 11.8 Å². The largest absolute Gasteiger partial charge is 0.497 e. The summed E-state index contributed by atoms with van der Waals surface area (Å²) in [5, 5.41) is 0. The van der Waals surface area contributed by atoms with Gasteiger partial charge in [-0.1, -0.05) is 13.3 Å². The number of nitrogens with zero attached hydrogens (tertiary/aromatic N) is 2.